The summed E-state index contributed by atoms with van der Waals surface area (Å²) >= 11 is 6.06. The molecule has 3 aromatic rings. The van der Waals surface area contributed by atoms with Gasteiger partial charge in [-0.25, -0.2) is 0 Å². The third-order valence-electron chi connectivity index (χ3n) is 7.61. The third kappa shape index (κ3) is 6.65. The number of hydrogen-bond donors (Lipinski definition) is 2. The zero-order chi connectivity index (χ0) is 25.5. The van der Waals surface area contributed by atoms with Gasteiger partial charge in [0, 0.05) is 36.0 Å². The maximum atomic E-state index is 12.6. The Bertz CT molecular complexity index is 1180. The lowest BCUT2D eigenvalue weighted by Crippen LogP contribution is -2.52. The van der Waals surface area contributed by atoms with Crippen LogP contribution in [0.15, 0.2) is 66.7 Å². The number of benzene rings is 3. The van der Waals surface area contributed by atoms with E-state index in [1.165, 1.54) is 5.56 Å². The molecule has 0 aromatic heterocycles. The smallest absolute Gasteiger partial charge is 0.220 e. The summed E-state index contributed by atoms with van der Waals surface area (Å²) in [5, 5.41) is 9.18. The summed E-state index contributed by atoms with van der Waals surface area (Å²) in [6.45, 7) is 0.463. The number of hydrogen-bond acceptors (Lipinski definition) is 3. The number of nitrogens with one attached hydrogen (secondary N) is 2. The van der Waals surface area contributed by atoms with Gasteiger partial charge in [-0.05, 0) is 80.2 Å². The van der Waals surface area contributed by atoms with Crippen LogP contribution in [-0.4, -0.2) is 42.4 Å². The number of rotatable bonds is 9. The molecular formula is C30H36ClN3O2. The number of carbonyl (C=O) groups is 2. The molecule has 2 N–H and O–H groups in total. The zero-order valence-electron chi connectivity index (χ0n) is 21.2. The van der Waals surface area contributed by atoms with E-state index in [0.717, 1.165) is 53.5 Å². The van der Waals surface area contributed by atoms with E-state index < -0.39 is 0 Å². The van der Waals surface area contributed by atoms with Gasteiger partial charge in [0.1, 0.15) is 0 Å². The molecule has 5 nitrogen and oxygen atoms in total. The van der Waals surface area contributed by atoms with E-state index in [4.69, 9.17) is 11.6 Å². The molecule has 0 aliphatic heterocycles. The van der Waals surface area contributed by atoms with Crippen molar-refractivity contribution in [2.75, 3.05) is 14.1 Å². The van der Waals surface area contributed by atoms with E-state index >= 15 is 0 Å². The molecule has 0 atom stereocenters. The Morgan fingerprint density at radius 3 is 2.31 bits per heavy atom. The van der Waals surface area contributed by atoms with E-state index in [2.05, 4.69) is 60.0 Å². The lowest BCUT2D eigenvalue weighted by molar-refractivity contribution is -0.127. The minimum absolute atomic E-state index is 0.0460. The standard InChI is InChI=1S/C30H36ClN3O2/c1-34(2)30(20-22-10-12-25(31)13-11-22)18-16-26(17-19-30)33-29(36)15-14-28(35)32-21-24-8-5-7-23-6-3-4-9-27(23)24/h3-13,26H,14-21H2,1-2H3,(H,32,35)(H,33,36). The number of nitrogens with zero attached hydrogens (tertiary/aromatic N) is 1. The normalized spacial score (nSPS) is 19.8. The molecule has 0 heterocycles. The fourth-order valence-electron chi connectivity index (χ4n) is 5.32. The van der Waals surface area contributed by atoms with Gasteiger partial charge in [0.05, 0.1) is 0 Å². The molecule has 0 unspecified atom stereocenters. The van der Waals surface area contributed by atoms with Crippen LogP contribution in [0.3, 0.4) is 0 Å². The van der Waals surface area contributed by atoms with Crippen molar-refractivity contribution in [2.24, 2.45) is 0 Å². The van der Waals surface area contributed by atoms with Crippen molar-refractivity contribution in [3.8, 4) is 0 Å². The first kappa shape index (κ1) is 26.2. The van der Waals surface area contributed by atoms with Crippen molar-refractivity contribution in [1.82, 2.24) is 15.5 Å². The minimum atomic E-state index is -0.101. The number of carbonyl (C=O) groups excluding carboxylic acids is 2. The van der Waals surface area contributed by atoms with Gasteiger partial charge >= 0.3 is 0 Å². The van der Waals surface area contributed by atoms with Crippen molar-refractivity contribution < 1.29 is 9.59 Å². The average molecular weight is 506 g/mol. The van der Waals surface area contributed by atoms with Crippen molar-refractivity contribution in [3.05, 3.63) is 82.9 Å². The molecule has 0 bridgehead atoms. The molecule has 3 aromatic carbocycles. The molecule has 1 fully saturated rings. The van der Waals surface area contributed by atoms with Gasteiger partial charge in [0.25, 0.3) is 0 Å². The van der Waals surface area contributed by atoms with Gasteiger partial charge in [-0.15, -0.1) is 0 Å². The SMILES string of the molecule is CN(C)C1(Cc2ccc(Cl)cc2)CCC(NC(=O)CCC(=O)NCc2cccc3ccccc23)CC1. The van der Waals surface area contributed by atoms with Crippen LogP contribution in [0.4, 0.5) is 0 Å². The first-order valence-corrected chi connectivity index (χ1v) is 13.2. The molecule has 4 rings (SSSR count). The topological polar surface area (TPSA) is 61.4 Å². The van der Waals surface area contributed by atoms with Crippen LogP contribution in [0.2, 0.25) is 5.02 Å². The lowest BCUT2D eigenvalue weighted by atomic mass is 9.75. The molecule has 6 heteroatoms. The van der Waals surface area contributed by atoms with E-state index in [-0.39, 0.29) is 36.2 Å². The Hall–Kier alpha value is -2.89. The molecule has 0 radical (unpaired) electrons. The Kier molecular flexibility index (Phi) is 8.65. The Morgan fingerprint density at radius 2 is 1.58 bits per heavy atom. The Morgan fingerprint density at radius 1 is 0.917 bits per heavy atom. The predicted molar refractivity (Wildman–Crippen MR) is 147 cm³/mol. The summed E-state index contributed by atoms with van der Waals surface area (Å²) in [6, 6.07) is 22.5. The van der Waals surface area contributed by atoms with Crippen molar-refractivity contribution in [1.29, 1.82) is 0 Å². The van der Waals surface area contributed by atoms with Crippen LogP contribution in [0, 0.1) is 0 Å². The lowest BCUT2D eigenvalue weighted by Gasteiger charge is -2.45. The number of fused-ring (bicyclic) bond motifs is 1. The van der Waals surface area contributed by atoms with Gasteiger partial charge in [0.2, 0.25) is 11.8 Å². The molecule has 1 aliphatic rings. The number of halogens is 1. The molecule has 1 saturated carbocycles. The maximum absolute atomic E-state index is 12.6. The van der Waals surface area contributed by atoms with E-state index in [9.17, 15) is 9.59 Å². The van der Waals surface area contributed by atoms with Crippen molar-refractivity contribution >= 4 is 34.2 Å². The summed E-state index contributed by atoms with van der Waals surface area (Å²) < 4.78 is 0. The highest BCUT2D eigenvalue weighted by Gasteiger charge is 2.37. The molecular weight excluding hydrogens is 470 g/mol. The zero-order valence-corrected chi connectivity index (χ0v) is 22.0. The highest BCUT2D eigenvalue weighted by Crippen LogP contribution is 2.35. The van der Waals surface area contributed by atoms with Crippen LogP contribution < -0.4 is 10.6 Å². The maximum Gasteiger partial charge on any atom is 0.220 e. The highest BCUT2D eigenvalue weighted by atomic mass is 35.5. The summed E-state index contributed by atoms with van der Waals surface area (Å²) in [7, 11) is 4.29. The largest absolute Gasteiger partial charge is 0.353 e. The minimum Gasteiger partial charge on any atom is -0.353 e. The molecule has 0 saturated heterocycles. The summed E-state index contributed by atoms with van der Waals surface area (Å²) in [5.41, 5.74) is 2.44. The molecule has 190 valence electrons. The molecule has 1 aliphatic carbocycles. The second-order valence-electron chi connectivity index (χ2n) is 10.2. The molecule has 2 amide bonds. The first-order chi connectivity index (χ1) is 17.3. The fourth-order valence-corrected chi connectivity index (χ4v) is 5.45. The van der Waals surface area contributed by atoms with Crippen LogP contribution >= 0.6 is 11.6 Å². The van der Waals surface area contributed by atoms with E-state index in [1.54, 1.807) is 0 Å². The quantitative estimate of drug-likeness (QED) is 0.404. The Balaban J connectivity index is 1.21. The van der Waals surface area contributed by atoms with Gasteiger partial charge in [-0.2, -0.15) is 0 Å². The number of likely N-dealkylation sites (N-methyl/N-ethyl adjacent to an activating group) is 1. The van der Waals surface area contributed by atoms with E-state index in [0.29, 0.717) is 6.54 Å². The summed E-state index contributed by atoms with van der Waals surface area (Å²) in [4.78, 5) is 27.3. The average Bonchev–Trinajstić information content (AvgIpc) is 2.88. The third-order valence-corrected chi connectivity index (χ3v) is 7.86. The van der Waals surface area contributed by atoms with Crippen LogP contribution in [-0.2, 0) is 22.6 Å². The second-order valence-corrected chi connectivity index (χ2v) is 10.6. The van der Waals surface area contributed by atoms with Gasteiger partial charge in [-0.1, -0.05) is 66.2 Å². The van der Waals surface area contributed by atoms with Crippen LogP contribution in [0.5, 0.6) is 0 Å². The monoisotopic (exact) mass is 505 g/mol. The predicted octanol–water partition coefficient (Wildman–Crippen LogP) is 5.49. The van der Waals surface area contributed by atoms with E-state index in [1.807, 2.05) is 36.4 Å². The summed E-state index contributed by atoms with van der Waals surface area (Å²) in [6.07, 6.45) is 5.27. The van der Waals surface area contributed by atoms with Crippen molar-refractivity contribution in [3.63, 3.8) is 0 Å². The molecule has 0 spiro atoms. The number of amides is 2. The van der Waals surface area contributed by atoms with Crippen LogP contribution in [0.25, 0.3) is 10.8 Å². The Labute approximate surface area is 219 Å². The first-order valence-electron chi connectivity index (χ1n) is 12.8. The fraction of sp³-hybridized carbons (Fsp3) is 0.400. The van der Waals surface area contributed by atoms with Crippen LogP contribution in [0.1, 0.15) is 49.7 Å². The van der Waals surface area contributed by atoms with Gasteiger partial charge in [0.15, 0.2) is 0 Å². The highest BCUT2D eigenvalue weighted by molar-refractivity contribution is 6.30. The van der Waals surface area contributed by atoms with Gasteiger partial charge < -0.3 is 15.5 Å². The summed E-state index contributed by atoms with van der Waals surface area (Å²) in [5.74, 6) is -0.147. The van der Waals surface area contributed by atoms with Gasteiger partial charge in [-0.3, -0.25) is 9.59 Å². The molecule has 36 heavy (non-hydrogen) atoms. The van der Waals surface area contributed by atoms with Crippen molar-refractivity contribution in [2.45, 2.75) is 63.1 Å². The second kappa shape index (κ2) is 11.9.